The van der Waals surface area contributed by atoms with Crippen LogP contribution in [0.25, 0.3) is 0 Å². The van der Waals surface area contributed by atoms with Crippen molar-refractivity contribution in [3.63, 3.8) is 0 Å². The van der Waals surface area contributed by atoms with Gasteiger partial charge in [0.05, 0.1) is 18.4 Å². The fourth-order valence-corrected chi connectivity index (χ4v) is 1.20. The topological polar surface area (TPSA) is 104 Å². The predicted octanol–water partition coefficient (Wildman–Crippen LogP) is -0.800. The van der Waals surface area contributed by atoms with Gasteiger partial charge in [0.15, 0.2) is 0 Å². The molecule has 16 heavy (non-hydrogen) atoms. The summed E-state index contributed by atoms with van der Waals surface area (Å²) in [5.41, 5.74) is 6.05. The molecule has 1 aromatic heterocycles. The minimum atomic E-state index is -0.332. The van der Waals surface area contributed by atoms with Gasteiger partial charge in [-0.2, -0.15) is 5.10 Å². The number of aromatic amines is 1. The summed E-state index contributed by atoms with van der Waals surface area (Å²) in [6.07, 6.45) is 1.36. The normalized spacial score (nSPS) is 9.88. The van der Waals surface area contributed by atoms with Crippen LogP contribution >= 0.6 is 0 Å². The van der Waals surface area contributed by atoms with Gasteiger partial charge < -0.3 is 16.0 Å². The lowest BCUT2D eigenvalue weighted by molar-refractivity contribution is -0.121. The molecule has 2 amide bonds. The molecule has 1 aromatic rings. The van der Waals surface area contributed by atoms with Crippen molar-refractivity contribution in [1.82, 2.24) is 20.4 Å². The quantitative estimate of drug-likeness (QED) is 0.624. The van der Waals surface area contributed by atoms with Gasteiger partial charge in [0.25, 0.3) is 5.91 Å². The SMILES string of the molecule is CCN(CC(=O)NC)C(=O)c1[nH]ncc1N. The molecule has 7 nitrogen and oxygen atoms in total. The van der Waals surface area contributed by atoms with Crippen molar-refractivity contribution in [3.05, 3.63) is 11.9 Å². The van der Waals surface area contributed by atoms with E-state index < -0.39 is 0 Å². The third-order valence-corrected chi connectivity index (χ3v) is 2.16. The number of aromatic nitrogens is 2. The molecule has 0 fully saturated rings. The number of likely N-dealkylation sites (N-methyl/N-ethyl adjacent to an activating group) is 2. The lowest BCUT2D eigenvalue weighted by Gasteiger charge is -2.19. The zero-order valence-electron chi connectivity index (χ0n) is 9.28. The van der Waals surface area contributed by atoms with E-state index in [2.05, 4.69) is 15.5 Å². The maximum Gasteiger partial charge on any atom is 0.274 e. The number of nitrogens with one attached hydrogen (secondary N) is 2. The van der Waals surface area contributed by atoms with Crippen LogP contribution in [0.2, 0.25) is 0 Å². The Morgan fingerprint density at radius 1 is 1.62 bits per heavy atom. The average Bonchev–Trinajstić information content (AvgIpc) is 2.71. The molecular formula is C9H15N5O2. The fraction of sp³-hybridized carbons (Fsp3) is 0.444. The standard InChI is InChI=1S/C9H15N5O2/c1-3-14(5-7(15)11-2)9(16)8-6(10)4-12-13-8/h4H,3,5,10H2,1-2H3,(H,11,15)(H,12,13). The highest BCUT2D eigenvalue weighted by Crippen LogP contribution is 2.09. The molecule has 0 aliphatic heterocycles. The molecule has 0 atom stereocenters. The van der Waals surface area contributed by atoms with Crippen LogP contribution in [0.5, 0.6) is 0 Å². The summed E-state index contributed by atoms with van der Waals surface area (Å²) in [5.74, 6) is -0.561. The fourth-order valence-electron chi connectivity index (χ4n) is 1.20. The second kappa shape index (κ2) is 5.15. The molecule has 0 saturated carbocycles. The van der Waals surface area contributed by atoms with Crippen molar-refractivity contribution < 1.29 is 9.59 Å². The van der Waals surface area contributed by atoms with Gasteiger partial charge in [-0.05, 0) is 6.92 Å². The Hall–Kier alpha value is -2.05. The number of carbonyl (C=O) groups excluding carboxylic acids is 2. The van der Waals surface area contributed by atoms with Crippen molar-refractivity contribution in [2.24, 2.45) is 0 Å². The minimum absolute atomic E-state index is 0.00426. The van der Waals surface area contributed by atoms with E-state index >= 15 is 0 Å². The smallest absolute Gasteiger partial charge is 0.274 e. The molecule has 7 heteroatoms. The average molecular weight is 225 g/mol. The van der Waals surface area contributed by atoms with Crippen molar-refractivity contribution in [2.45, 2.75) is 6.92 Å². The van der Waals surface area contributed by atoms with Gasteiger partial charge in [-0.1, -0.05) is 0 Å². The summed E-state index contributed by atoms with van der Waals surface area (Å²) in [7, 11) is 1.52. The number of nitrogens with two attached hydrogens (primary N) is 1. The van der Waals surface area contributed by atoms with E-state index in [4.69, 9.17) is 5.73 Å². The van der Waals surface area contributed by atoms with Gasteiger partial charge in [0, 0.05) is 13.6 Å². The van der Waals surface area contributed by atoms with Crippen LogP contribution in [0.1, 0.15) is 17.4 Å². The van der Waals surface area contributed by atoms with Crippen molar-refractivity contribution in [3.8, 4) is 0 Å². The van der Waals surface area contributed by atoms with Crippen LogP contribution in [-0.2, 0) is 4.79 Å². The first kappa shape index (κ1) is 12.0. The molecule has 0 spiro atoms. The molecule has 0 radical (unpaired) electrons. The molecule has 0 saturated heterocycles. The molecule has 88 valence electrons. The zero-order valence-corrected chi connectivity index (χ0v) is 9.28. The van der Waals surface area contributed by atoms with Crippen LogP contribution in [-0.4, -0.2) is 47.0 Å². The molecule has 0 aliphatic rings. The van der Waals surface area contributed by atoms with Gasteiger partial charge >= 0.3 is 0 Å². The number of rotatable bonds is 4. The molecule has 0 aliphatic carbocycles. The summed E-state index contributed by atoms with van der Waals surface area (Å²) >= 11 is 0. The van der Waals surface area contributed by atoms with Crippen molar-refractivity contribution in [1.29, 1.82) is 0 Å². The number of anilines is 1. The van der Waals surface area contributed by atoms with Crippen LogP contribution in [0, 0.1) is 0 Å². The molecular weight excluding hydrogens is 210 g/mol. The van der Waals surface area contributed by atoms with Crippen LogP contribution in [0.15, 0.2) is 6.20 Å². The van der Waals surface area contributed by atoms with Crippen molar-refractivity contribution in [2.75, 3.05) is 25.9 Å². The molecule has 1 heterocycles. The van der Waals surface area contributed by atoms with Gasteiger partial charge in [-0.25, -0.2) is 0 Å². The molecule has 0 unspecified atom stereocenters. The third-order valence-electron chi connectivity index (χ3n) is 2.16. The number of hydrogen-bond acceptors (Lipinski definition) is 4. The number of amides is 2. The summed E-state index contributed by atoms with van der Waals surface area (Å²) in [4.78, 5) is 24.5. The van der Waals surface area contributed by atoms with Crippen LogP contribution in [0.4, 0.5) is 5.69 Å². The highest BCUT2D eigenvalue weighted by atomic mass is 16.2. The number of nitrogens with zero attached hydrogens (tertiary/aromatic N) is 2. The maximum absolute atomic E-state index is 11.9. The zero-order chi connectivity index (χ0) is 12.1. The largest absolute Gasteiger partial charge is 0.396 e. The Kier molecular flexibility index (Phi) is 3.87. The number of nitrogen functional groups attached to an aromatic ring is 1. The van der Waals surface area contributed by atoms with E-state index in [1.54, 1.807) is 6.92 Å². The van der Waals surface area contributed by atoms with E-state index in [0.717, 1.165) is 0 Å². The first-order chi connectivity index (χ1) is 7.60. The predicted molar refractivity (Wildman–Crippen MR) is 58.6 cm³/mol. The first-order valence-corrected chi connectivity index (χ1v) is 4.88. The Morgan fingerprint density at radius 2 is 2.31 bits per heavy atom. The molecule has 4 N–H and O–H groups in total. The molecule has 0 aromatic carbocycles. The summed E-state index contributed by atoms with van der Waals surface area (Å²) in [5, 5.41) is 8.63. The highest BCUT2D eigenvalue weighted by Gasteiger charge is 2.20. The lowest BCUT2D eigenvalue weighted by atomic mass is 10.3. The number of carbonyl (C=O) groups is 2. The molecule has 0 bridgehead atoms. The molecule has 1 rings (SSSR count). The lowest BCUT2D eigenvalue weighted by Crippen LogP contribution is -2.39. The monoisotopic (exact) mass is 225 g/mol. The van der Waals surface area contributed by atoms with E-state index in [0.29, 0.717) is 6.54 Å². The van der Waals surface area contributed by atoms with Crippen LogP contribution in [0.3, 0.4) is 0 Å². The minimum Gasteiger partial charge on any atom is -0.396 e. The van der Waals surface area contributed by atoms with Gasteiger partial charge in [-0.3, -0.25) is 14.7 Å². The van der Waals surface area contributed by atoms with E-state index in [1.165, 1.54) is 18.1 Å². The maximum atomic E-state index is 11.9. The van der Waals surface area contributed by atoms with E-state index in [9.17, 15) is 9.59 Å². The van der Waals surface area contributed by atoms with Crippen molar-refractivity contribution >= 4 is 17.5 Å². The highest BCUT2D eigenvalue weighted by molar-refractivity contribution is 5.98. The summed E-state index contributed by atoms with van der Waals surface area (Å²) in [6, 6.07) is 0. The van der Waals surface area contributed by atoms with Gasteiger partial charge in [-0.15, -0.1) is 0 Å². The van der Waals surface area contributed by atoms with Gasteiger partial charge in [0.1, 0.15) is 5.69 Å². The Bertz CT molecular complexity index is 387. The van der Waals surface area contributed by atoms with E-state index in [-0.39, 0.29) is 29.7 Å². The van der Waals surface area contributed by atoms with Gasteiger partial charge in [0.2, 0.25) is 5.91 Å². The third kappa shape index (κ3) is 2.50. The second-order valence-corrected chi connectivity index (χ2v) is 3.19. The van der Waals surface area contributed by atoms with Crippen LogP contribution < -0.4 is 11.1 Å². The number of hydrogen-bond donors (Lipinski definition) is 3. The summed E-state index contributed by atoms with van der Waals surface area (Å²) < 4.78 is 0. The second-order valence-electron chi connectivity index (χ2n) is 3.19. The van der Waals surface area contributed by atoms with E-state index in [1.807, 2.05) is 0 Å². The Labute approximate surface area is 93.0 Å². The Balaban J connectivity index is 2.78. The first-order valence-electron chi connectivity index (χ1n) is 4.88. The number of H-pyrrole nitrogens is 1. The Morgan fingerprint density at radius 3 is 2.75 bits per heavy atom. The summed E-state index contributed by atoms with van der Waals surface area (Å²) in [6.45, 7) is 2.21.